The maximum Gasteiger partial charge on any atom is 0.261 e. The molecule has 0 aromatic heterocycles. The zero-order valence-corrected chi connectivity index (χ0v) is 18.2. The number of hydrogen-bond donors (Lipinski definition) is 2. The van der Waals surface area contributed by atoms with E-state index in [2.05, 4.69) is 10.0 Å². The highest BCUT2D eigenvalue weighted by Crippen LogP contribution is 2.26. The highest BCUT2D eigenvalue weighted by atomic mass is 35.5. The van der Waals surface area contributed by atoms with Crippen LogP contribution in [0.1, 0.15) is 5.56 Å². The van der Waals surface area contributed by atoms with Crippen molar-refractivity contribution in [1.29, 1.82) is 0 Å². The van der Waals surface area contributed by atoms with Crippen LogP contribution >= 0.6 is 23.2 Å². The predicted octanol–water partition coefficient (Wildman–Crippen LogP) is 4.98. The number of sulfonamides is 1. The summed E-state index contributed by atoms with van der Waals surface area (Å²) in [5, 5.41) is 3.21. The number of ether oxygens (including phenoxy) is 1. The third-order valence-electron chi connectivity index (χ3n) is 4.15. The average Bonchev–Trinajstić information content (AvgIpc) is 2.71. The molecule has 0 spiro atoms. The van der Waals surface area contributed by atoms with Gasteiger partial charge in [0.1, 0.15) is 5.75 Å². The molecule has 0 saturated carbocycles. The molecule has 2 N–H and O–H groups in total. The van der Waals surface area contributed by atoms with Gasteiger partial charge in [0.25, 0.3) is 10.0 Å². The van der Waals surface area contributed by atoms with Crippen molar-refractivity contribution in [3.8, 4) is 5.75 Å². The second-order valence-corrected chi connectivity index (χ2v) is 8.80. The molecule has 0 aliphatic rings. The molecule has 0 fully saturated rings. The minimum Gasteiger partial charge on any atom is -0.495 e. The Kier molecular flexibility index (Phi) is 6.87. The van der Waals surface area contributed by atoms with Gasteiger partial charge in [-0.1, -0.05) is 47.5 Å². The fourth-order valence-corrected chi connectivity index (χ4v) is 4.12. The van der Waals surface area contributed by atoms with Crippen LogP contribution in [-0.4, -0.2) is 21.4 Å². The molecule has 1 amide bonds. The van der Waals surface area contributed by atoms with E-state index in [0.29, 0.717) is 17.1 Å². The maximum absolute atomic E-state index is 12.5. The second-order valence-electron chi connectivity index (χ2n) is 6.30. The predicted molar refractivity (Wildman–Crippen MR) is 119 cm³/mol. The van der Waals surface area contributed by atoms with Gasteiger partial charge in [-0.25, -0.2) is 8.42 Å². The molecule has 0 saturated heterocycles. The number of carbonyl (C=O) groups is 1. The molecule has 0 aliphatic carbocycles. The SMILES string of the molecule is COc1ccccc1NC(=O)Cc1ccc(NS(=O)(=O)c2ccc(Cl)c(Cl)c2)cc1. The summed E-state index contributed by atoms with van der Waals surface area (Å²) in [4.78, 5) is 12.3. The third kappa shape index (κ3) is 5.44. The van der Waals surface area contributed by atoms with Crippen molar-refractivity contribution in [3.63, 3.8) is 0 Å². The van der Waals surface area contributed by atoms with Gasteiger partial charge >= 0.3 is 0 Å². The number of halogens is 2. The van der Waals surface area contributed by atoms with Crippen LogP contribution in [0.5, 0.6) is 5.75 Å². The molecular formula is C21H18Cl2N2O4S. The highest BCUT2D eigenvalue weighted by Gasteiger charge is 2.16. The van der Waals surface area contributed by atoms with Crippen molar-refractivity contribution in [3.05, 3.63) is 82.3 Å². The van der Waals surface area contributed by atoms with Gasteiger partial charge in [-0.05, 0) is 48.0 Å². The largest absolute Gasteiger partial charge is 0.495 e. The molecular weight excluding hydrogens is 447 g/mol. The Bertz CT molecular complexity index is 1170. The number of anilines is 2. The van der Waals surface area contributed by atoms with E-state index in [1.165, 1.54) is 25.3 Å². The topological polar surface area (TPSA) is 84.5 Å². The van der Waals surface area contributed by atoms with E-state index in [0.717, 1.165) is 5.56 Å². The zero-order chi connectivity index (χ0) is 21.7. The average molecular weight is 465 g/mol. The van der Waals surface area contributed by atoms with Gasteiger partial charge < -0.3 is 10.1 Å². The molecule has 3 aromatic carbocycles. The third-order valence-corrected chi connectivity index (χ3v) is 6.27. The fourth-order valence-electron chi connectivity index (χ4n) is 2.68. The molecule has 6 nitrogen and oxygen atoms in total. The summed E-state index contributed by atoms with van der Waals surface area (Å²) in [7, 11) is -2.29. The van der Waals surface area contributed by atoms with Crippen molar-refractivity contribution in [2.24, 2.45) is 0 Å². The lowest BCUT2D eigenvalue weighted by Gasteiger charge is -2.11. The molecule has 156 valence electrons. The van der Waals surface area contributed by atoms with E-state index in [1.54, 1.807) is 42.5 Å². The first-order valence-electron chi connectivity index (χ1n) is 8.78. The lowest BCUT2D eigenvalue weighted by molar-refractivity contribution is -0.115. The Labute approximate surface area is 184 Å². The van der Waals surface area contributed by atoms with Crippen LogP contribution < -0.4 is 14.8 Å². The van der Waals surface area contributed by atoms with Crippen LogP contribution in [0.4, 0.5) is 11.4 Å². The van der Waals surface area contributed by atoms with Crippen molar-refractivity contribution in [2.45, 2.75) is 11.3 Å². The van der Waals surface area contributed by atoms with Crippen LogP contribution in [0, 0.1) is 0 Å². The molecule has 0 aliphatic heterocycles. The lowest BCUT2D eigenvalue weighted by atomic mass is 10.1. The Balaban J connectivity index is 1.66. The first-order valence-corrected chi connectivity index (χ1v) is 11.0. The molecule has 3 rings (SSSR count). The monoisotopic (exact) mass is 464 g/mol. The van der Waals surface area contributed by atoms with Crippen LogP contribution in [-0.2, 0) is 21.2 Å². The summed E-state index contributed by atoms with van der Waals surface area (Å²) >= 11 is 11.7. The molecule has 30 heavy (non-hydrogen) atoms. The molecule has 9 heteroatoms. The Morgan fingerprint density at radius 1 is 0.967 bits per heavy atom. The summed E-state index contributed by atoms with van der Waals surface area (Å²) in [6, 6.07) is 17.7. The maximum atomic E-state index is 12.5. The van der Waals surface area contributed by atoms with E-state index >= 15 is 0 Å². The number of hydrogen-bond acceptors (Lipinski definition) is 4. The van der Waals surface area contributed by atoms with E-state index < -0.39 is 10.0 Å². The van der Waals surface area contributed by atoms with Crippen molar-refractivity contribution >= 4 is 50.5 Å². The number of nitrogens with one attached hydrogen (secondary N) is 2. The number of methoxy groups -OCH3 is 1. The minimum atomic E-state index is -3.82. The van der Waals surface area contributed by atoms with Gasteiger partial charge in [0.15, 0.2) is 0 Å². The number of rotatable bonds is 7. The minimum absolute atomic E-state index is 0.00263. The van der Waals surface area contributed by atoms with Gasteiger partial charge in [-0.3, -0.25) is 9.52 Å². The second kappa shape index (κ2) is 9.38. The molecule has 0 unspecified atom stereocenters. The number of para-hydroxylation sites is 2. The van der Waals surface area contributed by atoms with Crippen LogP contribution in [0.15, 0.2) is 71.6 Å². The molecule has 0 radical (unpaired) electrons. The number of amides is 1. The molecule has 0 atom stereocenters. The van der Waals surface area contributed by atoms with Crippen LogP contribution in [0.2, 0.25) is 10.0 Å². The highest BCUT2D eigenvalue weighted by molar-refractivity contribution is 7.92. The summed E-state index contributed by atoms with van der Waals surface area (Å²) in [5.41, 5.74) is 1.66. The van der Waals surface area contributed by atoms with E-state index in [4.69, 9.17) is 27.9 Å². The van der Waals surface area contributed by atoms with Gasteiger partial charge in [0, 0.05) is 5.69 Å². The number of benzene rings is 3. The lowest BCUT2D eigenvalue weighted by Crippen LogP contribution is -2.15. The van der Waals surface area contributed by atoms with Crippen LogP contribution in [0.3, 0.4) is 0 Å². The van der Waals surface area contributed by atoms with E-state index in [1.807, 2.05) is 6.07 Å². The van der Waals surface area contributed by atoms with Crippen molar-refractivity contribution in [2.75, 3.05) is 17.1 Å². The molecule has 3 aromatic rings. The first kappa shape index (κ1) is 22.0. The van der Waals surface area contributed by atoms with Crippen LogP contribution in [0.25, 0.3) is 0 Å². The standard InChI is InChI=1S/C21H18Cl2N2O4S/c1-29-20-5-3-2-4-19(20)24-21(26)12-14-6-8-15(9-7-14)25-30(27,28)16-10-11-17(22)18(23)13-16/h2-11,13,25H,12H2,1H3,(H,24,26). The first-order chi connectivity index (χ1) is 14.3. The quantitative estimate of drug-likeness (QED) is 0.515. The summed E-state index contributed by atoms with van der Waals surface area (Å²) < 4.78 is 32.7. The Morgan fingerprint density at radius 2 is 1.67 bits per heavy atom. The van der Waals surface area contributed by atoms with E-state index in [9.17, 15) is 13.2 Å². The fraction of sp³-hybridized carbons (Fsp3) is 0.0952. The Morgan fingerprint density at radius 3 is 2.33 bits per heavy atom. The van der Waals surface area contributed by atoms with Gasteiger partial charge in [0.05, 0.1) is 34.2 Å². The molecule has 0 bridgehead atoms. The summed E-state index contributed by atoms with van der Waals surface area (Å²) in [6.07, 6.45) is 0.123. The smallest absolute Gasteiger partial charge is 0.261 e. The normalized spacial score (nSPS) is 11.0. The van der Waals surface area contributed by atoms with E-state index in [-0.39, 0.29) is 27.3 Å². The zero-order valence-electron chi connectivity index (χ0n) is 15.9. The Hall–Kier alpha value is -2.74. The van der Waals surface area contributed by atoms with Crippen molar-refractivity contribution in [1.82, 2.24) is 0 Å². The summed E-state index contributed by atoms with van der Waals surface area (Å²) in [6.45, 7) is 0. The summed E-state index contributed by atoms with van der Waals surface area (Å²) in [5.74, 6) is 0.349. The van der Waals surface area contributed by atoms with Gasteiger partial charge in [-0.15, -0.1) is 0 Å². The van der Waals surface area contributed by atoms with Gasteiger partial charge in [-0.2, -0.15) is 0 Å². The number of carbonyl (C=O) groups excluding carboxylic acids is 1. The molecule has 0 heterocycles. The van der Waals surface area contributed by atoms with Crippen molar-refractivity contribution < 1.29 is 17.9 Å². The van der Waals surface area contributed by atoms with Gasteiger partial charge in [0.2, 0.25) is 5.91 Å².